The molecule has 21 heavy (non-hydrogen) atoms. The van der Waals surface area contributed by atoms with Gasteiger partial charge in [0.15, 0.2) is 5.69 Å². The van der Waals surface area contributed by atoms with E-state index < -0.39 is 0 Å². The minimum Gasteiger partial charge on any atom is -0.354 e. The first-order valence-electron chi connectivity index (χ1n) is 6.88. The van der Waals surface area contributed by atoms with Crippen molar-refractivity contribution in [2.24, 2.45) is 0 Å². The summed E-state index contributed by atoms with van der Waals surface area (Å²) in [7, 11) is 1.54. The van der Waals surface area contributed by atoms with Gasteiger partial charge in [-0.1, -0.05) is 13.0 Å². The number of carbonyl (C=O) groups excluding carboxylic acids is 1. The molecule has 0 saturated heterocycles. The monoisotopic (exact) mass is 290 g/mol. The van der Waals surface area contributed by atoms with Crippen LogP contribution in [0.4, 0.5) is 4.39 Å². The van der Waals surface area contributed by atoms with Crippen LogP contribution >= 0.6 is 0 Å². The largest absolute Gasteiger partial charge is 0.354 e. The van der Waals surface area contributed by atoms with Crippen LogP contribution in [0.1, 0.15) is 35.9 Å². The Kier molecular flexibility index (Phi) is 4.70. The Hall–Kier alpha value is -2.21. The van der Waals surface area contributed by atoms with Gasteiger partial charge in [-0.2, -0.15) is 5.10 Å². The van der Waals surface area contributed by atoms with Gasteiger partial charge < -0.3 is 10.6 Å². The van der Waals surface area contributed by atoms with Gasteiger partial charge >= 0.3 is 0 Å². The lowest BCUT2D eigenvalue weighted by atomic mass is 10.1. The lowest BCUT2D eigenvalue weighted by molar-refractivity contribution is 0.0957. The molecule has 2 N–H and O–H groups in total. The second-order valence-corrected chi connectivity index (χ2v) is 4.68. The third-order valence-corrected chi connectivity index (χ3v) is 3.27. The number of amides is 1. The highest BCUT2D eigenvalue weighted by atomic mass is 19.1. The van der Waals surface area contributed by atoms with E-state index in [1.54, 1.807) is 31.4 Å². The summed E-state index contributed by atoms with van der Waals surface area (Å²) >= 11 is 0. The summed E-state index contributed by atoms with van der Waals surface area (Å²) in [6, 6.07) is 6.29. The first kappa shape index (κ1) is 15.2. The van der Waals surface area contributed by atoms with Crippen molar-refractivity contribution in [2.75, 3.05) is 13.6 Å². The fraction of sp³-hybridized carbons (Fsp3) is 0.333. The van der Waals surface area contributed by atoms with E-state index in [1.165, 1.54) is 10.7 Å². The average molecular weight is 290 g/mol. The molecule has 0 spiro atoms. The molecule has 1 heterocycles. The van der Waals surface area contributed by atoms with E-state index in [4.69, 9.17) is 0 Å². The standard InChI is InChI=1S/C15H19FN4O/c1-4-18-10(2)14-11(16)6-5-7-13(14)20-9-8-12(19-20)15(21)17-3/h5-10,18H,4H2,1-3H3,(H,17,21). The Bertz CT molecular complexity index is 638. The molecule has 0 radical (unpaired) electrons. The zero-order valence-electron chi connectivity index (χ0n) is 12.4. The molecule has 1 atom stereocenters. The first-order valence-corrected chi connectivity index (χ1v) is 6.88. The number of rotatable bonds is 5. The van der Waals surface area contributed by atoms with E-state index in [9.17, 15) is 9.18 Å². The number of benzene rings is 1. The molecule has 1 amide bonds. The van der Waals surface area contributed by atoms with Crippen LogP contribution in [0.5, 0.6) is 0 Å². The Morgan fingerprint density at radius 2 is 2.19 bits per heavy atom. The third kappa shape index (κ3) is 3.11. The van der Waals surface area contributed by atoms with Gasteiger partial charge in [0.1, 0.15) is 5.82 Å². The second-order valence-electron chi connectivity index (χ2n) is 4.68. The molecule has 0 saturated carbocycles. The molecule has 2 rings (SSSR count). The van der Waals surface area contributed by atoms with E-state index in [0.29, 0.717) is 16.9 Å². The molecule has 1 unspecified atom stereocenters. The normalized spacial score (nSPS) is 12.2. The summed E-state index contributed by atoms with van der Waals surface area (Å²) in [5.74, 6) is -0.565. The van der Waals surface area contributed by atoms with Gasteiger partial charge in [-0.25, -0.2) is 9.07 Å². The zero-order chi connectivity index (χ0) is 15.4. The maximum absolute atomic E-state index is 14.2. The van der Waals surface area contributed by atoms with Crippen LogP contribution in [0.15, 0.2) is 30.5 Å². The highest BCUT2D eigenvalue weighted by Gasteiger charge is 2.17. The summed E-state index contributed by atoms with van der Waals surface area (Å²) in [6.45, 7) is 4.60. The predicted molar refractivity (Wildman–Crippen MR) is 79.0 cm³/mol. The van der Waals surface area contributed by atoms with Crippen molar-refractivity contribution in [3.05, 3.63) is 47.5 Å². The fourth-order valence-corrected chi connectivity index (χ4v) is 2.27. The Balaban J connectivity index is 2.46. The smallest absolute Gasteiger partial charge is 0.271 e. The van der Waals surface area contributed by atoms with Crippen molar-refractivity contribution in [3.63, 3.8) is 0 Å². The average Bonchev–Trinajstić information content (AvgIpc) is 2.96. The van der Waals surface area contributed by atoms with Gasteiger partial charge in [-0.15, -0.1) is 0 Å². The summed E-state index contributed by atoms with van der Waals surface area (Å²) in [6.07, 6.45) is 1.65. The lowest BCUT2D eigenvalue weighted by Gasteiger charge is -2.18. The number of nitrogens with zero attached hydrogens (tertiary/aromatic N) is 2. The van der Waals surface area contributed by atoms with E-state index >= 15 is 0 Å². The Morgan fingerprint density at radius 1 is 1.43 bits per heavy atom. The molecular formula is C15H19FN4O. The number of halogens is 1. The van der Waals surface area contributed by atoms with Crippen molar-refractivity contribution in [1.29, 1.82) is 0 Å². The lowest BCUT2D eigenvalue weighted by Crippen LogP contribution is -2.21. The number of aromatic nitrogens is 2. The molecule has 0 aliphatic carbocycles. The minimum absolute atomic E-state index is 0.154. The van der Waals surface area contributed by atoms with Gasteiger partial charge in [0.25, 0.3) is 5.91 Å². The van der Waals surface area contributed by atoms with Gasteiger partial charge in [0.2, 0.25) is 0 Å². The van der Waals surface area contributed by atoms with Crippen LogP contribution in [0.3, 0.4) is 0 Å². The zero-order valence-corrected chi connectivity index (χ0v) is 12.4. The Labute approximate surface area is 123 Å². The summed E-state index contributed by atoms with van der Waals surface area (Å²) in [5.41, 5.74) is 1.45. The van der Waals surface area contributed by atoms with Gasteiger partial charge in [0.05, 0.1) is 5.69 Å². The maximum atomic E-state index is 14.2. The van der Waals surface area contributed by atoms with Crippen LogP contribution in [0.2, 0.25) is 0 Å². The highest BCUT2D eigenvalue weighted by Crippen LogP contribution is 2.24. The van der Waals surface area contributed by atoms with Crippen LogP contribution in [0, 0.1) is 5.82 Å². The highest BCUT2D eigenvalue weighted by molar-refractivity contribution is 5.91. The van der Waals surface area contributed by atoms with Crippen LogP contribution in [-0.4, -0.2) is 29.3 Å². The molecule has 0 fully saturated rings. The predicted octanol–water partition coefficient (Wildman–Crippen LogP) is 2.04. The topological polar surface area (TPSA) is 59.0 Å². The van der Waals surface area contributed by atoms with Gasteiger partial charge in [0, 0.05) is 24.8 Å². The molecule has 1 aromatic carbocycles. The number of hydrogen-bond acceptors (Lipinski definition) is 3. The Morgan fingerprint density at radius 3 is 2.86 bits per heavy atom. The second kappa shape index (κ2) is 6.49. The van der Waals surface area contributed by atoms with Crippen LogP contribution < -0.4 is 10.6 Å². The molecule has 1 aromatic heterocycles. The third-order valence-electron chi connectivity index (χ3n) is 3.27. The fourth-order valence-electron chi connectivity index (χ4n) is 2.27. The number of nitrogens with one attached hydrogen (secondary N) is 2. The number of carbonyl (C=O) groups is 1. The van der Waals surface area contributed by atoms with Crippen molar-refractivity contribution in [2.45, 2.75) is 19.9 Å². The van der Waals surface area contributed by atoms with Crippen molar-refractivity contribution >= 4 is 5.91 Å². The van der Waals surface area contributed by atoms with Crippen molar-refractivity contribution in [3.8, 4) is 5.69 Å². The van der Waals surface area contributed by atoms with Crippen molar-refractivity contribution in [1.82, 2.24) is 20.4 Å². The molecule has 5 nitrogen and oxygen atoms in total. The first-order chi connectivity index (χ1) is 10.1. The molecular weight excluding hydrogens is 271 g/mol. The quantitative estimate of drug-likeness (QED) is 0.886. The number of hydrogen-bond donors (Lipinski definition) is 2. The molecule has 0 bridgehead atoms. The molecule has 0 aliphatic heterocycles. The summed E-state index contributed by atoms with van der Waals surface area (Å²) < 4.78 is 15.7. The van der Waals surface area contributed by atoms with Crippen LogP contribution in [-0.2, 0) is 0 Å². The SMILES string of the molecule is CCNC(C)c1c(F)cccc1-n1ccc(C(=O)NC)n1. The van der Waals surface area contributed by atoms with E-state index in [-0.39, 0.29) is 17.8 Å². The summed E-state index contributed by atoms with van der Waals surface area (Å²) in [5, 5.41) is 9.91. The molecule has 112 valence electrons. The molecule has 2 aromatic rings. The van der Waals surface area contributed by atoms with Gasteiger partial charge in [-0.3, -0.25) is 4.79 Å². The van der Waals surface area contributed by atoms with E-state index in [2.05, 4.69) is 15.7 Å². The van der Waals surface area contributed by atoms with E-state index in [0.717, 1.165) is 6.54 Å². The molecule has 0 aliphatic rings. The van der Waals surface area contributed by atoms with E-state index in [1.807, 2.05) is 13.8 Å². The van der Waals surface area contributed by atoms with Crippen molar-refractivity contribution < 1.29 is 9.18 Å². The van der Waals surface area contributed by atoms with Crippen LogP contribution in [0.25, 0.3) is 5.69 Å². The maximum Gasteiger partial charge on any atom is 0.271 e. The summed E-state index contributed by atoms with van der Waals surface area (Å²) in [4.78, 5) is 11.6. The molecule has 6 heteroatoms. The van der Waals surface area contributed by atoms with Gasteiger partial charge in [-0.05, 0) is 31.7 Å². The minimum atomic E-state index is -0.294.